The van der Waals surface area contributed by atoms with Crippen molar-refractivity contribution in [3.05, 3.63) is 66.0 Å². The Morgan fingerprint density at radius 1 is 0.963 bits per heavy atom. The summed E-state index contributed by atoms with van der Waals surface area (Å²) in [4.78, 5) is 4.34. The van der Waals surface area contributed by atoms with Crippen LogP contribution in [0.15, 0.2) is 54.9 Å². The number of rotatable bonds is 5. The molecule has 1 N–H and O–H groups in total. The second-order valence-corrected chi connectivity index (χ2v) is 6.02. The molecule has 2 heterocycles. The van der Waals surface area contributed by atoms with E-state index in [1.165, 1.54) is 6.33 Å². The average molecular weight is 364 g/mol. The fraction of sp³-hybridized carbons (Fsp3) is 0.200. The van der Waals surface area contributed by atoms with E-state index >= 15 is 0 Å². The number of nitrogens with zero attached hydrogens (tertiary/aromatic N) is 3. The second kappa shape index (κ2) is 7.03. The Balaban J connectivity index is 1.82. The lowest BCUT2D eigenvalue weighted by atomic mass is 10.0. The molecular formula is C20H20N4O3. The van der Waals surface area contributed by atoms with Gasteiger partial charge in [0.25, 0.3) is 0 Å². The molecule has 0 saturated heterocycles. The summed E-state index contributed by atoms with van der Waals surface area (Å²) >= 11 is 0. The maximum absolute atomic E-state index is 5.60. The third-order valence-electron chi connectivity index (χ3n) is 4.55. The number of fused-ring (bicyclic) bond motifs is 1. The minimum atomic E-state index is -0.175. The Labute approximate surface area is 157 Å². The lowest BCUT2D eigenvalue weighted by molar-refractivity contribution is 0.387. The van der Waals surface area contributed by atoms with E-state index in [1.54, 1.807) is 21.3 Å². The zero-order valence-corrected chi connectivity index (χ0v) is 15.3. The summed E-state index contributed by atoms with van der Waals surface area (Å²) in [7, 11) is 4.94. The molecule has 3 aromatic rings. The van der Waals surface area contributed by atoms with Crippen LogP contribution in [0.5, 0.6) is 17.2 Å². The number of aromatic nitrogens is 3. The molecule has 1 unspecified atom stereocenters. The molecule has 0 radical (unpaired) electrons. The molecule has 0 amide bonds. The van der Waals surface area contributed by atoms with E-state index in [-0.39, 0.29) is 6.04 Å². The molecule has 138 valence electrons. The van der Waals surface area contributed by atoms with Gasteiger partial charge in [-0.15, -0.1) is 0 Å². The van der Waals surface area contributed by atoms with Crippen LogP contribution in [0, 0.1) is 0 Å². The quantitative estimate of drug-likeness (QED) is 0.749. The number of ether oxygens (including phenoxy) is 3. The van der Waals surface area contributed by atoms with Crippen LogP contribution >= 0.6 is 0 Å². The summed E-state index contributed by atoms with van der Waals surface area (Å²) in [5.41, 5.74) is 2.89. The van der Waals surface area contributed by atoms with Gasteiger partial charge in [-0.05, 0) is 30.3 Å². The minimum Gasteiger partial charge on any atom is -0.497 e. The number of anilines is 1. The van der Waals surface area contributed by atoms with Crippen LogP contribution in [0.25, 0.3) is 5.70 Å². The van der Waals surface area contributed by atoms with Gasteiger partial charge in [0, 0.05) is 22.9 Å². The second-order valence-electron chi connectivity index (χ2n) is 6.02. The fourth-order valence-electron chi connectivity index (χ4n) is 3.18. The summed E-state index contributed by atoms with van der Waals surface area (Å²) < 4.78 is 18.1. The molecule has 0 bridgehead atoms. The molecule has 1 atom stereocenters. The van der Waals surface area contributed by atoms with E-state index in [4.69, 9.17) is 14.2 Å². The molecule has 1 aliphatic rings. The number of allylic oxidation sites excluding steroid dienone is 1. The largest absolute Gasteiger partial charge is 0.497 e. The smallest absolute Gasteiger partial charge is 0.226 e. The molecule has 2 aromatic carbocycles. The summed E-state index contributed by atoms with van der Waals surface area (Å²) in [5.74, 6) is 2.92. The third kappa shape index (κ3) is 3.08. The van der Waals surface area contributed by atoms with Crippen LogP contribution in [0.4, 0.5) is 5.95 Å². The Morgan fingerprint density at radius 2 is 1.78 bits per heavy atom. The van der Waals surface area contributed by atoms with Gasteiger partial charge < -0.3 is 19.5 Å². The summed E-state index contributed by atoms with van der Waals surface area (Å²) in [5, 5.41) is 7.72. The predicted octanol–water partition coefficient (Wildman–Crippen LogP) is 3.36. The molecule has 0 saturated carbocycles. The summed E-state index contributed by atoms with van der Waals surface area (Å²) in [6.07, 6.45) is 3.63. The van der Waals surface area contributed by atoms with Crippen LogP contribution in [0.2, 0.25) is 0 Å². The van der Waals surface area contributed by atoms with Crippen molar-refractivity contribution in [3.63, 3.8) is 0 Å². The predicted molar refractivity (Wildman–Crippen MR) is 102 cm³/mol. The van der Waals surface area contributed by atoms with E-state index in [2.05, 4.69) is 21.5 Å². The highest BCUT2D eigenvalue weighted by atomic mass is 16.5. The molecule has 0 spiro atoms. The van der Waals surface area contributed by atoms with Crippen molar-refractivity contribution in [3.8, 4) is 17.2 Å². The first-order valence-electron chi connectivity index (χ1n) is 8.48. The van der Waals surface area contributed by atoms with Gasteiger partial charge in [-0.3, -0.25) is 0 Å². The van der Waals surface area contributed by atoms with Crippen LogP contribution in [0.3, 0.4) is 0 Å². The molecule has 1 aromatic heterocycles. The Bertz CT molecular complexity index is 996. The maximum atomic E-state index is 5.60. The molecule has 0 aliphatic carbocycles. The topological polar surface area (TPSA) is 70.4 Å². The summed E-state index contributed by atoms with van der Waals surface area (Å²) in [6, 6.07) is 13.5. The van der Waals surface area contributed by atoms with Gasteiger partial charge in [-0.1, -0.05) is 12.1 Å². The molecule has 7 heteroatoms. The van der Waals surface area contributed by atoms with Gasteiger partial charge in [0.2, 0.25) is 5.95 Å². The van der Waals surface area contributed by atoms with Crippen LogP contribution < -0.4 is 19.5 Å². The first kappa shape index (κ1) is 17.0. The number of benzene rings is 2. The van der Waals surface area contributed by atoms with Crippen molar-refractivity contribution in [2.45, 2.75) is 6.04 Å². The SMILES string of the molecule is COc1cccc(C2=CC(c3ccc(OC)cc3OC)n3ncnc3N2)c1. The van der Waals surface area contributed by atoms with E-state index in [9.17, 15) is 0 Å². The minimum absolute atomic E-state index is 0.175. The zero-order chi connectivity index (χ0) is 18.8. The normalized spacial score (nSPS) is 15.4. The molecule has 1 aliphatic heterocycles. The number of hydrogen-bond donors (Lipinski definition) is 1. The molecule has 7 nitrogen and oxygen atoms in total. The van der Waals surface area contributed by atoms with Crippen molar-refractivity contribution in [2.75, 3.05) is 26.6 Å². The highest BCUT2D eigenvalue weighted by molar-refractivity contribution is 5.77. The molecule has 27 heavy (non-hydrogen) atoms. The Kier molecular flexibility index (Phi) is 4.42. The van der Waals surface area contributed by atoms with E-state index in [1.807, 2.05) is 47.1 Å². The average Bonchev–Trinajstić information content (AvgIpc) is 3.21. The van der Waals surface area contributed by atoms with Crippen LogP contribution in [-0.4, -0.2) is 36.1 Å². The lowest BCUT2D eigenvalue weighted by Gasteiger charge is -2.25. The summed E-state index contributed by atoms with van der Waals surface area (Å²) in [6.45, 7) is 0. The Hall–Kier alpha value is -3.48. The van der Waals surface area contributed by atoms with Gasteiger partial charge in [-0.25, -0.2) is 4.68 Å². The van der Waals surface area contributed by atoms with Crippen molar-refractivity contribution < 1.29 is 14.2 Å². The first-order chi connectivity index (χ1) is 13.2. The highest BCUT2D eigenvalue weighted by Crippen LogP contribution is 2.37. The molecule has 0 fully saturated rings. The van der Waals surface area contributed by atoms with Crippen molar-refractivity contribution in [1.82, 2.24) is 14.8 Å². The van der Waals surface area contributed by atoms with E-state index < -0.39 is 0 Å². The van der Waals surface area contributed by atoms with Gasteiger partial charge >= 0.3 is 0 Å². The van der Waals surface area contributed by atoms with Gasteiger partial charge in [0.1, 0.15) is 29.6 Å². The monoisotopic (exact) mass is 364 g/mol. The zero-order valence-electron chi connectivity index (χ0n) is 15.3. The standard InChI is InChI=1S/C20H20N4O3/c1-25-14-6-4-5-13(9-14)17-11-18(24-20(23-17)21-12-22-24)16-8-7-15(26-2)10-19(16)27-3/h4-12,18H,1-3H3,(H,21,22,23). The Morgan fingerprint density at radius 3 is 2.56 bits per heavy atom. The van der Waals surface area contributed by atoms with Gasteiger partial charge in [0.15, 0.2) is 0 Å². The van der Waals surface area contributed by atoms with Gasteiger partial charge in [0.05, 0.1) is 21.3 Å². The third-order valence-corrected chi connectivity index (χ3v) is 4.55. The highest BCUT2D eigenvalue weighted by Gasteiger charge is 2.26. The molecular weight excluding hydrogens is 344 g/mol. The van der Waals surface area contributed by atoms with E-state index in [0.29, 0.717) is 5.95 Å². The maximum Gasteiger partial charge on any atom is 0.226 e. The molecule has 4 rings (SSSR count). The fourth-order valence-corrected chi connectivity index (χ4v) is 3.18. The lowest BCUT2D eigenvalue weighted by Crippen LogP contribution is -2.20. The number of hydrogen-bond acceptors (Lipinski definition) is 6. The van der Waals surface area contributed by atoms with Crippen molar-refractivity contribution >= 4 is 11.6 Å². The number of methoxy groups -OCH3 is 3. The van der Waals surface area contributed by atoms with Crippen LogP contribution in [-0.2, 0) is 0 Å². The first-order valence-corrected chi connectivity index (χ1v) is 8.48. The van der Waals surface area contributed by atoms with E-state index in [0.717, 1.165) is 34.1 Å². The van der Waals surface area contributed by atoms with Gasteiger partial charge in [-0.2, -0.15) is 10.1 Å². The van der Waals surface area contributed by atoms with Crippen molar-refractivity contribution in [2.24, 2.45) is 0 Å². The van der Waals surface area contributed by atoms with Crippen LogP contribution in [0.1, 0.15) is 17.2 Å². The van der Waals surface area contributed by atoms with Crippen molar-refractivity contribution in [1.29, 1.82) is 0 Å². The number of nitrogens with one attached hydrogen (secondary N) is 1.